The Labute approximate surface area is 120 Å². The Morgan fingerprint density at radius 3 is 2.80 bits per heavy atom. The van der Waals surface area contributed by atoms with E-state index in [4.69, 9.17) is 0 Å². The number of thiophene rings is 1. The molecule has 110 valence electrons. The van der Waals surface area contributed by atoms with E-state index in [-0.39, 0.29) is 18.1 Å². The molecular weight excluding hydrogens is 282 g/mol. The average molecular weight is 299 g/mol. The molecule has 0 aromatic carbocycles. The van der Waals surface area contributed by atoms with Crippen LogP contribution >= 0.6 is 11.3 Å². The Bertz CT molecular complexity index is 529. The second kappa shape index (κ2) is 5.76. The van der Waals surface area contributed by atoms with Gasteiger partial charge >= 0.3 is 5.69 Å². The van der Waals surface area contributed by atoms with Crippen molar-refractivity contribution in [2.45, 2.75) is 19.4 Å². The number of nitro groups is 1. The van der Waals surface area contributed by atoms with Gasteiger partial charge in [0.25, 0.3) is 0 Å². The van der Waals surface area contributed by atoms with Crippen LogP contribution in [0.3, 0.4) is 0 Å². The molecule has 7 nitrogen and oxygen atoms in total. The Morgan fingerprint density at radius 1 is 1.50 bits per heavy atom. The van der Waals surface area contributed by atoms with Crippen molar-refractivity contribution in [2.75, 3.05) is 31.6 Å². The summed E-state index contributed by atoms with van der Waals surface area (Å²) in [5.74, 6) is -0.0520. The first-order valence-corrected chi connectivity index (χ1v) is 7.17. The van der Waals surface area contributed by atoms with E-state index in [0.29, 0.717) is 23.0 Å². The van der Waals surface area contributed by atoms with E-state index in [2.05, 4.69) is 0 Å². The molecule has 1 aromatic heterocycles. The Kier molecular flexibility index (Phi) is 4.24. The molecule has 1 aliphatic heterocycles. The molecule has 20 heavy (non-hydrogen) atoms. The summed E-state index contributed by atoms with van der Waals surface area (Å²) in [6, 6.07) is 1.39. The number of rotatable bonds is 3. The number of nitrogens with zero attached hydrogens (tertiary/aromatic N) is 3. The van der Waals surface area contributed by atoms with Crippen molar-refractivity contribution in [3.05, 3.63) is 21.1 Å². The predicted octanol–water partition coefficient (Wildman–Crippen LogP) is 1.38. The maximum absolute atomic E-state index is 11.9. The molecule has 2 rings (SSSR count). The zero-order chi connectivity index (χ0) is 14.9. The third kappa shape index (κ3) is 2.91. The molecule has 1 fully saturated rings. The highest BCUT2D eigenvalue weighted by Crippen LogP contribution is 2.40. The number of aliphatic hydroxyl groups excluding tert-OH is 1. The lowest BCUT2D eigenvalue weighted by atomic mass is 10.3. The smallest absolute Gasteiger partial charge is 0.304 e. The van der Waals surface area contributed by atoms with Crippen molar-refractivity contribution < 1.29 is 14.8 Å². The summed E-state index contributed by atoms with van der Waals surface area (Å²) in [6.45, 7) is 2.95. The van der Waals surface area contributed by atoms with Crippen molar-refractivity contribution in [3.8, 4) is 0 Å². The second-order valence-corrected chi connectivity index (χ2v) is 5.92. The van der Waals surface area contributed by atoms with Gasteiger partial charge in [0.2, 0.25) is 5.91 Å². The van der Waals surface area contributed by atoms with Gasteiger partial charge in [0.05, 0.1) is 17.6 Å². The number of amides is 1. The van der Waals surface area contributed by atoms with Crippen LogP contribution in [0.1, 0.15) is 24.3 Å². The van der Waals surface area contributed by atoms with Crippen molar-refractivity contribution in [1.82, 2.24) is 4.90 Å². The molecular formula is C12H17N3O4S. The summed E-state index contributed by atoms with van der Waals surface area (Å²) in [5.41, 5.74) is -0.0387. The monoisotopic (exact) mass is 299 g/mol. The average Bonchev–Trinajstić information content (AvgIpc) is 2.75. The van der Waals surface area contributed by atoms with Gasteiger partial charge in [0.15, 0.2) is 5.00 Å². The van der Waals surface area contributed by atoms with Gasteiger partial charge in [0, 0.05) is 31.1 Å². The van der Waals surface area contributed by atoms with E-state index in [1.54, 1.807) is 23.8 Å². The third-order valence-corrected chi connectivity index (χ3v) is 4.64. The van der Waals surface area contributed by atoms with E-state index in [9.17, 15) is 20.0 Å². The highest BCUT2D eigenvalue weighted by molar-refractivity contribution is 7.16. The van der Waals surface area contributed by atoms with Crippen LogP contribution < -0.4 is 4.90 Å². The fourth-order valence-electron chi connectivity index (χ4n) is 2.11. The zero-order valence-electron chi connectivity index (χ0n) is 11.4. The van der Waals surface area contributed by atoms with Crippen molar-refractivity contribution >= 4 is 27.9 Å². The Hall–Kier alpha value is -1.67. The molecule has 0 radical (unpaired) electrons. The Balaban J connectivity index is 2.35. The number of likely N-dealkylation sites (N-methyl/N-ethyl adjacent to an activating group) is 1. The molecule has 0 saturated carbocycles. The van der Waals surface area contributed by atoms with Crippen LogP contribution in [0.5, 0.6) is 0 Å². The molecule has 2 heterocycles. The van der Waals surface area contributed by atoms with Gasteiger partial charge in [-0.15, -0.1) is 11.3 Å². The van der Waals surface area contributed by atoms with E-state index in [1.165, 1.54) is 17.4 Å². The lowest BCUT2D eigenvalue weighted by Gasteiger charge is -2.19. The second-order valence-electron chi connectivity index (χ2n) is 4.86. The van der Waals surface area contributed by atoms with Gasteiger partial charge in [0.1, 0.15) is 0 Å². The Morgan fingerprint density at radius 2 is 2.20 bits per heavy atom. The summed E-state index contributed by atoms with van der Waals surface area (Å²) in [7, 11) is 1.73. The van der Waals surface area contributed by atoms with Crippen molar-refractivity contribution in [3.63, 3.8) is 0 Å². The van der Waals surface area contributed by atoms with E-state index in [0.717, 1.165) is 6.42 Å². The maximum atomic E-state index is 11.9. The number of carbonyl (C=O) groups excluding carboxylic acids is 1. The van der Waals surface area contributed by atoms with E-state index < -0.39 is 11.0 Å². The number of aliphatic hydroxyl groups is 1. The number of hydrogen-bond donors (Lipinski definition) is 1. The van der Waals surface area contributed by atoms with Crippen LogP contribution in [0.2, 0.25) is 0 Å². The standard InChI is InChI=1S/C12H17N3O4S/c1-8(16)10-6-9(15(18)19)12(20-10)14-5-3-4-13(2)11(17)7-14/h6,8,16H,3-5,7H2,1-2H3/t8-/m1/s1. The quantitative estimate of drug-likeness (QED) is 0.673. The van der Waals surface area contributed by atoms with Gasteiger partial charge in [-0.3, -0.25) is 14.9 Å². The number of anilines is 1. The van der Waals surface area contributed by atoms with Crippen LogP contribution in [0.25, 0.3) is 0 Å². The van der Waals surface area contributed by atoms with Gasteiger partial charge in [-0.1, -0.05) is 0 Å². The fraction of sp³-hybridized carbons (Fsp3) is 0.583. The predicted molar refractivity (Wildman–Crippen MR) is 76.1 cm³/mol. The highest BCUT2D eigenvalue weighted by Gasteiger charge is 2.28. The first kappa shape index (κ1) is 14.7. The van der Waals surface area contributed by atoms with E-state index in [1.807, 2.05) is 0 Å². The van der Waals surface area contributed by atoms with Gasteiger partial charge in [-0.2, -0.15) is 0 Å². The topological polar surface area (TPSA) is 86.9 Å². The number of carbonyl (C=O) groups is 1. The van der Waals surface area contributed by atoms with Crippen LogP contribution in [0.4, 0.5) is 10.7 Å². The first-order chi connectivity index (χ1) is 9.40. The SMILES string of the molecule is C[C@@H](O)c1cc([N+](=O)[O-])c(N2CCCN(C)C(=O)C2)s1. The largest absolute Gasteiger partial charge is 0.388 e. The van der Waals surface area contributed by atoms with Crippen LogP contribution in [0, 0.1) is 10.1 Å². The minimum Gasteiger partial charge on any atom is -0.388 e. The van der Waals surface area contributed by atoms with E-state index >= 15 is 0 Å². The molecule has 0 bridgehead atoms. The lowest BCUT2D eigenvalue weighted by molar-refractivity contribution is -0.383. The van der Waals surface area contributed by atoms with Gasteiger partial charge in [-0.05, 0) is 13.3 Å². The third-order valence-electron chi connectivity index (χ3n) is 3.28. The molecule has 1 aliphatic rings. The maximum Gasteiger partial charge on any atom is 0.304 e. The highest BCUT2D eigenvalue weighted by atomic mass is 32.1. The zero-order valence-corrected chi connectivity index (χ0v) is 12.2. The van der Waals surface area contributed by atoms with Crippen LogP contribution in [0.15, 0.2) is 6.07 Å². The summed E-state index contributed by atoms with van der Waals surface area (Å²) in [5, 5.41) is 21.2. The van der Waals surface area contributed by atoms with Crippen molar-refractivity contribution in [2.24, 2.45) is 0 Å². The lowest BCUT2D eigenvalue weighted by Crippen LogP contribution is -2.34. The van der Waals surface area contributed by atoms with Crippen molar-refractivity contribution in [1.29, 1.82) is 0 Å². The summed E-state index contributed by atoms with van der Waals surface area (Å²) in [4.78, 5) is 26.5. The molecule has 1 saturated heterocycles. The fourth-order valence-corrected chi connectivity index (χ4v) is 3.20. The summed E-state index contributed by atoms with van der Waals surface area (Å²) >= 11 is 1.18. The molecule has 1 N–H and O–H groups in total. The number of hydrogen-bond acceptors (Lipinski definition) is 6. The normalized spacial score (nSPS) is 18.1. The molecule has 0 unspecified atom stereocenters. The minimum atomic E-state index is -0.752. The van der Waals surface area contributed by atoms with Gasteiger partial charge < -0.3 is 14.9 Å². The van der Waals surface area contributed by atoms with Gasteiger partial charge in [-0.25, -0.2) is 0 Å². The molecule has 1 aromatic rings. The molecule has 1 amide bonds. The minimum absolute atomic E-state index is 0.0387. The summed E-state index contributed by atoms with van der Waals surface area (Å²) < 4.78 is 0. The van der Waals surface area contributed by atoms with Crippen LogP contribution in [-0.4, -0.2) is 47.5 Å². The molecule has 8 heteroatoms. The molecule has 1 atom stereocenters. The van der Waals surface area contributed by atoms with Crippen LogP contribution in [-0.2, 0) is 4.79 Å². The molecule has 0 spiro atoms. The first-order valence-electron chi connectivity index (χ1n) is 6.35. The summed E-state index contributed by atoms with van der Waals surface area (Å²) in [6.07, 6.45) is 0.0132. The molecule has 0 aliphatic carbocycles.